The summed E-state index contributed by atoms with van der Waals surface area (Å²) in [5, 5.41) is 11.6. The van der Waals surface area contributed by atoms with Gasteiger partial charge in [-0.15, -0.1) is 0 Å². The molecule has 0 spiro atoms. The molecular weight excluding hydrogens is 270 g/mol. The number of hydrogen-bond acceptors (Lipinski definition) is 5. The molecule has 1 aromatic rings. The normalized spacial score (nSPS) is 14.0. The van der Waals surface area contributed by atoms with E-state index in [1.807, 2.05) is 13.8 Å². The lowest BCUT2D eigenvalue weighted by Crippen LogP contribution is -2.36. The fraction of sp³-hybridized carbons (Fsp3) is 0.727. The molecule has 0 saturated carbocycles. The van der Waals surface area contributed by atoms with Crippen molar-refractivity contribution >= 4 is 15.8 Å². The maximum atomic E-state index is 12.2. The number of carboxylic acids is 1. The van der Waals surface area contributed by atoms with E-state index in [1.165, 1.54) is 11.0 Å². The van der Waals surface area contributed by atoms with Gasteiger partial charge in [-0.2, -0.15) is 5.10 Å². The molecule has 0 saturated heterocycles. The van der Waals surface area contributed by atoms with E-state index in [0.717, 1.165) is 0 Å². The second kappa shape index (κ2) is 5.68. The summed E-state index contributed by atoms with van der Waals surface area (Å²) in [6.07, 6.45) is 1.27. The van der Waals surface area contributed by atoms with Crippen LogP contribution in [0, 0.1) is 5.92 Å². The standard InChI is InChI=1S/C11H19N3O4S/c1-7(2)10(11(15)16)19(17,18)5-9-12-6-13-14(9)8(3)4/h6-8,10H,5H2,1-4H3,(H,15,16). The SMILES string of the molecule is CC(C)C(C(=O)O)S(=O)(=O)Cc1ncnn1C(C)C. The number of aromatic nitrogens is 3. The molecule has 0 bridgehead atoms. The molecule has 1 unspecified atom stereocenters. The minimum Gasteiger partial charge on any atom is -0.480 e. The Morgan fingerprint density at radius 1 is 1.37 bits per heavy atom. The maximum absolute atomic E-state index is 12.2. The summed E-state index contributed by atoms with van der Waals surface area (Å²) in [6, 6.07) is -0.0324. The van der Waals surface area contributed by atoms with E-state index < -0.39 is 32.7 Å². The number of rotatable bonds is 6. The molecule has 0 aromatic carbocycles. The van der Waals surface area contributed by atoms with Gasteiger partial charge in [-0.3, -0.25) is 4.79 Å². The predicted molar refractivity (Wildman–Crippen MR) is 69.3 cm³/mol. The molecule has 108 valence electrons. The summed E-state index contributed by atoms with van der Waals surface area (Å²) in [4.78, 5) is 15.0. The monoisotopic (exact) mass is 289 g/mol. The summed E-state index contributed by atoms with van der Waals surface area (Å²) >= 11 is 0. The molecule has 8 heteroatoms. The summed E-state index contributed by atoms with van der Waals surface area (Å²) in [5.74, 6) is -1.98. The number of sulfone groups is 1. The Labute approximate surface area is 112 Å². The topological polar surface area (TPSA) is 102 Å². The van der Waals surface area contributed by atoms with Gasteiger partial charge in [0.25, 0.3) is 0 Å². The van der Waals surface area contributed by atoms with Gasteiger partial charge in [-0.25, -0.2) is 18.1 Å². The highest BCUT2D eigenvalue weighted by atomic mass is 32.2. The third-order valence-electron chi connectivity index (χ3n) is 2.70. The minimum absolute atomic E-state index is 0.0324. The van der Waals surface area contributed by atoms with E-state index >= 15 is 0 Å². The molecule has 0 aliphatic carbocycles. The largest absolute Gasteiger partial charge is 0.480 e. The quantitative estimate of drug-likeness (QED) is 0.834. The van der Waals surface area contributed by atoms with Crippen LogP contribution in [0.5, 0.6) is 0 Å². The first kappa shape index (κ1) is 15.6. The molecule has 7 nitrogen and oxygen atoms in total. The summed E-state index contributed by atoms with van der Waals surface area (Å²) in [7, 11) is -3.82. The van der Waals surface area contributed by atoms with Gasteiger partial charge in [0.15, 0.2) is 15.1 Å². The van der Waals surface area contributed by atoms with Gasteiger partial charge in [0.2, 0.25) is 0 Å². The lowest BCUT2D eigenvalue weighted by molar-refractivity contribution is -0.137. The fourth-order valence-electron chi connectivity index (χ4n) is 1.93. The van der Waals surface area contributed by atoms with Crippen molar-refractivity contribution in [2.75, 3.05) is 0 Å². The van der Waals surface area contributed by atoms with Crippen molar-refractivity contribution < 1.29 is 18.3 Å². The van der Waals surface area contributed by atoms with Crippen LogP contribution in [0.25, 0.3) is 0 Å². The van der Waals surface area contributed by atoms with Crippen LogP contribution in [0.3, 0.4) is 0 Å². The van der Waals surface area contributed by atoms with Crippen molar-refractivity contribution in [2.45, 2.75) is 44.7 Å². The van der Waals surface area contributed by atoms with E-state index in [2.05, 4.69) is 10.1 Å². The lowest BCUT2D eigenvalue weighted by Gasteiger charge is -2.17. The molecule has 19 heavy (non-hydrogen) atoms. The number of nitrogens with zero attached hydrogens (tertiary/aromatic N) is 3. The first-order chi connectivity index (χ1) is 8.66. The van der Waals surface area contributed by atoms with E-state index in [9.17, 15) is 13.2 Å². The van der Waals surface area contributed by atoms with Crippen LogP contribution in [0.2, 0.25) is 0 Å². The lowest BCUT2D eigenvalue weighted by atomic mass is 10.1. The number of carbonyl (C=O) groups is 1. The van der Waals surface area contributed by atoms with E-state index in [1.54, 1.807) is 13.8 Å². The van der Waals surface area contributed by atoms with Crippen molar-refractivity contribution in [1.82, 2.24) is 14.8 Å². The van der Waals surface area contributed by atoms with Crippen molar-refractivity contribution in [3.8, 4) is 0 Å². The molecule has 1 rings (SSSR count). The Morgan fingerprint density at radius 2 is 1.95 bits per heavy atom. The number of hydrogen-bond donors (Lipinski definition) is 1. The van der Waals surface area contributed by atoms with Crippen molar-refractivity contribution in [3.05, 3.63) is 12.2 Å². The van der Waals surface area contributed by atoms with Crippen molar-refractivity contribution in [2.24, 2.45) is 5.92 Å². The van der Waals surface area contributed by atoms with Crippen LogP contribution >= 0.6 is 0 Å². The second-order valence-electron chi connectivity index (χ2n) is 5.02. The molecule has 0 fully saturated rings. The van der Waals surface area contributed by atoms with Crippen LogP contribution in [0.15, 0.2) is 6.33 Å². The van der Waals surface area contributed by atoms with Gasteiger partial charge in [-0.05, 0) is 19.8 Å². The Hall–Kier alpha value is -1.44. The van der Waals surface area contributed by atoms with Crippen LogP contribution in [-0.4, -0.2) is 39.5 Å². The average molecular weight is 289 g/mol. The molecule has 1 atom stereocenters. The Morgan fingerprint density at radius 3 is 2.37 bits per heavy atom. The van der Waals surface area contributed by atoms with Gasteiger partial charge in [0.05, 0.1) is 0 Å². The highest BCUT2D eigenvalue weighted by molar-refractivity contribution is 7.92. The number of aliphatic carboxylic acids is 1. The zero-order valence-electron chi connectivity index (χ0n) is 11.4. The predicted octanol–water partition coefficient (Wildman–Crippen LogP) is 0.883. The second-order valence-corrected chi connectivity index (χ2v) is 7.15. The zero-order valence-corrected chi connectivity index (χ0v) is 12.3. The summed E-state index contributed by atoms with van der Waals surface area (Å²) < 4.78 is 25.9. The fourth-order valence-corrected chi connectivity index (χ4v) is 3.81. The summed E-state index contributed by atoms with van der Waals surface area (Å²) in [6.45, 7) is 6.84. The third kappa shape index (κ3) is 3.52. The van der Waals surface area contributed by atoms with E-state index in [4.69, 9.17) is 5.11 Å². The zero-order chi connectivity index (χ0) is 14.8. The highest BCUT2D eigenvalue weighted by Gasteiger charge is 2.36. The van der Waals surface area contributed by atoms with Gasteiger partial charge >= 0.3 is 5.97 Å². The van der Waals surface area contributed by atoms with Crippen LogP contribution in [0.1, 0.15) is 39.6 Å². The molecule has 0 aliphatic heterocycles. The molecule has 0 aliphatic rings. The number of carboxylic acid groups (broad SMARTS) is 1. The smallest absolute Gasteiger partial charge is 0.322 e. The Kier molecular flexibility index (Phi) is 4.67. The van der Waals surface area contributed by atoms with Crippen LogP contribution < -0.4 is 0 Å². The van der Waals surface area contributed by atoms with Crippen molar-refractivity contribution in [1.29, 1.82) is 0 Å². The third-order valence-corrected chi connectivity index (χ3v) is 4.88. The van der Waals surface area contributed by atoms with Crippen LogP contribution in [0.4, 0.5) is 0 Å². The van der Waals surface area contributed by atoms with Gasteiger partial charge < -0.3 is 5.11 Å². The molecule has 0 amide bonds. The molecule has 1 N–H and O–H groups in total. The van der Waals surface area contributed by atoms with E-state index in [0.29, 0.717) is 0 Å². The molecular formula is C11H19N3O4S. The van der Waals surface area contributed by atoms with Crippen LogP contribution in [-0.2, 0) is 20.4 Å². The van der Waals surface area contributed by atoms with Gasteiger partial charge in [0.1, 0.15) is 17.9 Å². The average Bonchev–Trinajstić information content (AvgIpc) is 2.62. The summed E-state index contributed by atoms with van der Waals surface area (Å²) in [5.41, 5.74) is 0. The molecule has 1 heterocycles. The Balaban J connectivity index is 3.08. The maximum Gasteiger partial charge on any atom is 0.322 e. The first-order valence-corrected chi connectivity index (χ1v) is 7.71. The molecule has 0 radical (unpaired) electrons. The van der Waals surface area contributed by atoms with E-state index in [-0.39, 0.29) is 11.9 Å². The highest BCUT2D eigenvalue weighted by Crippen LogP contribution is 2.18. The van der Waals surface area contributed by atoms with Gasteiger partial charge in [0, 0.05) is 6.04 Å². The van der Waals surface area contributed by atoms with Crippen molar-refractivity contribution in [3.63, 3.8) is 0 Å². The minimum atomic E-state index is -3.82. The first-order valence-electron chi connectivity index (χ1n) is 5.99. The Bertz CT molecular complexity index is 548. The van der Waals surface area contributed by atoms with Gasteiger partial charge in [-0.1, -0.05) is 13.8 Å². The molecule has 1 aromatic heterocycles.